The van der Waals surface area contributed by atoms with Gasteiger partial charge in [0.2, 0.25) is 5.95 Å². The molecule has 0 atom stereocenters. The van der Waals surface area contributed by atoms with Gasteiger partial charge in [-0.1, -0.05) is 29.8 Å². The molecular weight excluding hydrogens is 388 g/mol. The van der Waals surface area contributed by atoms with Crippen LogP contribution in [0, 0.1) is 0 Å². The zero-order chi connectivity index (χ0) is 20.2. The van der Waals surface area contributed by atoms with Crippen LogP contribution in [0.25, 0.3) is 11.3 Å². The van der Waals surface area contributed by atoms with Crippen molar-refractivity contribution in [2.75, 3.05) is 17.7 Å². The van der Waals surface area contributed by atoms with Gasteiger partial charge in [0.05, 0.1) is 19.0 Å². The van der Waals surface area contributed by atoms with Crippen LogP contribution in [0.2, 0.25) is 5.02 Å². The number of benzene rings is 2. The van der Waals surface area contributed by atoms with Crippen LogP contribution in [0.15, 0.2) is 67.0 Å². The van der Waals surface area contributed by atoms with Crippen LogP contribution < -0.4 is 15.4 Å². The van der Waals surface area contributed by atoms with Crippen molar-refractivity contribution in [3.63, 3.8) is 0 Å². The van der Waals surface area contributed by atoms with Crippen LogP contribution >= 0.6 is 11.6 Å². The Morgan fingerprint density at radius 2 is 1.79 bits per heavy atom. The number of nitrogens with zero attached hydrogens (tertiary/aromatic N) is 4. The summed E-state index contributed by atoms with van der Waals surface area (Å²) in [5.41, 5.74) is 3.50. The second kappa shape index (κ2) is 8.20. The summed E-state index contributed by atoms with van der Waals surface area (Å²) in [6.45, 7) is 0. The Morgan fingerprint density at radius 3 is 2.52 bits per heavy atom. The van der Waals surface area contributed by atoms with Gasteiger partial charge in [0, 0.05) is 30.2 Å². The molecule has 0 aliphatic carbocycles. The predicted molar refractivity (Wildman–Crippen MR) is 115 cm³/mol. The van der Waals surface area contributed by atoms with Crippen molar-refractivity contribution in [2.45, 2.75) is 0 Å². The highest BCUT2D eigenvalue weighted by Gasteiger charge is 2.11. The zero-order valence-electron chi connectivity index (χ0n) is 15.9. The summed E-state index contributed by atoms with van der Waals surface area (Å²) in [4.78, 5) is 8.78. The highest BCUT2D eigenvalue weighted by molar-refractivity contribution is 6.33. The number of ether oxygens (including phenoxy) is 1. The van der Waals surface area contributed by atoms with Gasteiger partial charge in [-0.3, -0.25) is 4.68 Å². The van der Waals surface area contributed by atoms with Crippen molar-refractivity contribution in [1.29, 1.82) is 0 Å². The molecule has 0 radical (unpaired) electrons. The first-order chi connectivity index (χ1) is 14.1. The number of hydrogen-bond donors (Lipinski definition) is 2. The highest BCUT2D eigenvalue weighted by atomic mass is 35.5. The average molecular weight is 407 g/mol. The lowest BCUT2D eigenvalue weighted by molar-refractivity contribution is 0.415. The van der Waals surface area contributed by atoms with Gasteiger partial charge in [-0.05, 0) is 36.4 Å². The minimum Gasteiger partial charge on any atom is -0.497 e. The molecule has 0 aliphatic rings. The van der Waals surface area contributed by atoms with E-state index in [9.17, 15) is 0 Å². The van der Waals surface area contributed by atoms with E-state index in [4.69, 9.17) is 16.3 Å². The fourth-order valence-corrected chi connectivity index (χ4v) is 2.96. The lowest BCUT2D eigenvalue weighted by atomic mass is 10.1. The minimum atomic E-state index is 0.418. The van der Waals surface area contributed by atoms with Crippen molar-refractivity contribution in [3.05, 3.63) is 72.0 Å². The Bertz CT molecular complexity index is 1130. The Balaban J connectivity index is 1.60. The van der Waals surface area contributed by atoms with Gasteiger partial charge in [-0.15, -0.1) is 0 Å². The summed E-state index contributed by atoms with van der Waals surface area (Å²) in [7, 11) is 3.52. The van der Waals surface area contributed by atoms with Crippen LogP contribution in [0.1, 0.15) is 0 Å². The van der Waals surface area contributed by atoms with Gasteiger partial charge in [0.1, 0.15) is 10.8 Å². The molecule has 2 heterocycles. The van der Waals surface area contributed by atoms with Crippen LogP contribution in [0.3, 0.4) is 0 Å². The average Bonchev–Trinajstić information content (AvgIpc) is 3.17. The summed E-state index contributed by atoms with van der Waals surface area (Å²) in [5, 5.41) is 11.4. The topological polar surface area (TPSA) is 76.9 Å². The van der Waals surface area contributed by atoms with Crippen molar-refractivity contribution >= 4 is 34.7 Å². The first kappa shape index (κ1) is 18.8. The molecule has 0 bridgehead atoms. The molecule has 2 aromatic carbocycles. The summed E-state index contributed by atoms with van der Waals surface area (Å²) >= 11 is 6.34. The van der Waals surface area contributed by atoms with E-state index >= 15 is 0 Å². The Hall–Kier alpha value is -3.58. The molecule has 0 saturated heterocycles. The summed E-state index contributed by atoms with van der Waals surface area (Å²) in [5.74, 6) is 1.71. The van der Waals surface area contributed by atoms with E-state index in [1.807, 2.05) is 67.8 Å². The van der Waals surface area contributed by atoms with Crippen LogP contribution in [0.4, 0.5) is 23.1 Å². The van der Waals surface area contributed by atoms with Gasteiger partial charge >= 0.3 is 0 Å². The molecule has 0 spiro atoms. The molecule has 8 heteroatoms. The number of hydrogen-bond acceptors (Lipinski definition) is 6. The number of rotatable bonds is 6. The van der Waals surface area contributed by atoms with Crippen molar-refractivity contribution in [1.82, 2.24) is 19.7 Å². The number of methoxy groups -OCH3 is 1. The van der Waals surface area contributed by atoms with Gasteiger partial charge in [-0.25, -0.2) is 4.98 Å². The second-order valence-corrected chi connectivity index (χ2v) is 6.70. The van der Waals surface area contributed by atoms with Crippen LogP contribution in [0.5, 0.6) is 5.75 Å². The normalized spacial score (nSPS) is 10.6. The van der Waals surface area contributed by atoms with Crippen molar-refractivity contribution in [3.8, 4) is 17.0 Å². The van der Waals surface area contributed by atoms with E-state index in [-0.39, 0.29) is 0 Å². The van der Waals surface area contributed by atoms with E-state index in [0.717, 1.165) is 28.4 Å². The minimum absolute atomic E-state index is 0.418. The van der Waals surface area contributed by atoms with Gasteiger partial charge in [-0.2, -0.15) is 10.1 Å². The third-order valence-electron chi connectivity index (χ3n) is 4.26. The van der Waals surface area contributed by atoms with Crippen molar-refractivity contribution < 1.29 is 4.74 Å². The first-order valence-electron chi connectivity index (χ1n) is 8.92. The lowest BCUT2D eigenvalue weighted by Gasteiger charge is -2.13. The van der Waals surface area contributed by atoms with Crippen molar-refractivity contribution in [2.24, 2.45) is 7.05 Å². The SMILES string of the molecule is COc1ccc(Nc2ncc(Cl)c(Nc3ccccc3-c3ccn(C)n3)n2)cc1. The molecule has 4 aromatic rings. The molecule has 2 aromatic heterocycles. The largest absolute Gasteiger partial charge is 0.497 e. The van der Waals surface area contributed by atoms with Gasteiger partial charge < -0.3 is 15.4 Å². The van der Waals surface area contributed by atoms with E-state index in [2.05, 4.69) is 25.7 Å². The Morgan fingerprint density at radius 1 is 1.00 bits per heavy atom. The first-order valence-corrected chi connectivity index (χ1v) is 9.30. The maximum Gasteiger partial charge on any atom is 0.229 e. The second-order valence-electron chi connectivity index (χ2n) is 6.29. The Labute approximate surface area is 173 Å². The van der Waals surface area contributed by atoms with E-state index in [1.54, 1.807) is 18.0 Å². The molecule has 2 N–H and O–H groups in total. The van der Waals surface area contributed by atoms with E-state index < -0.39 is 0 Å². The highest BCUT2D eigenvalue weighted by Crippen LogP contribution is 2.31. The standard InChI is InChI=1S/C21H19ClN6O/c1-28-12-11-19(27-28)16-5-3-4-6-18(16)25-20-17(22)13-23-21(26-20)24-14-7-9-15(29-2)10-8-14/h3-13H,1-2H3,(H2,23,24,25,26). The van der Waals surface area contributed by atoms with E-state index in [1.165, 1.54) is 0 Å². The lowest BCUT2D eigenvalue weighted by Crippen LogP contribution is -2.02. The number of halogens is 1. The maximum absolute atomic E-state index is 6.34. The fraction of sp³-hybridized carbons (Fsp3) is 0.0952. The zero-order valence-corrected chi connectivity index (χ0v) is 16.7. The molecule has 0 aliphatic heterocycles. The number of para-hydroxylation sites is 1. The predicted octanol–water partition coefficient (Wildman–Crippen LogP) is 5.03. The molecule has 146 valence electrons. The molecule has 0 fully saturated rings. The monoisotopic (exact) mass is 406 g/mol. The molecule has 0 amide bonds. The molecule has 0 unspecified atom stereocenters. The Kier molecular flexibility index (Phi) is 5.31. The molecule has 7 nitrogen and oxygen atoms in total. The molecule has 0 saturated carbocycles. The smallest absolute Gasteiger partial charge is 0.229 e. The number of nitrogens with one attached hydrogen (secondary N) is 2. The van der Waals surface area contributed by atoms with Gasteiger partial charge in [0.15, 0.2) is 5.82 Å². The fourth-order valence-electron chi connectivity index (χ4n) is 2.82. The number of anilines is 4. The van der Waals surface area contributed by atoms with Crippen LogP contribution in [-0.2, 0) is 7.05 Å². The number of aromatic nitrogens is 4. The molecular formula is C21H19ClN6O. The quantitative estimate of drug-likeness (QED) is 0.468. The maximum atomic E-state index is 6.34. The summed E-state index contributed by atoms with van der Waals surface area (Å²) in [6, 6.07) is 17.3. The number of aryl methyl sites for hydroxylation is 1. The van der Waals surface area contributed by atoms with Crippen LogP contribution in [-0.4, -0.2) is 26.9 Å². The van der Waals surface area contributed by atoms with E-state index in [0.29, 0.717) is 16.8 Å². The third-order valence-corrected chi connectivity index (χ3v) is 4.54. The molecule has 29 heavy (non-hydrogen) atoms. The van der Waals surface area contributed by atoms with Gasteiger partial charge in [0.25, 0.3) is 0 Å². The third kappa shape index (κ3) is 4.30. The summed E-state index contributed by atoms with van der Waals surface area (Å²) < 4.78 is 6.94. The molecule has 4 rings (SSSR count). The summed E-state index contributed by atoms with van der Waals surface area (Å²) in [6.07, 6.45) is 3.47.